The van der Waals surface area contributed by atoms with Gasteiger partial charge in [0.05, 0.1) is 31.9 Å². The van der Waals surface area contributed by atoms with E-state index in [9.17, 15) is 4.79 Å². The van der Waals surface area contributed by atoms with Gasteiger partial charge in [0.1, 0.15) is 11.3 Å². The van der Waals surface area contributed by atoms with Gasteiger partial charge in [0.15, 0.2) is 0 Å². The summed E-state index contributed by atoms with van der Waals surface area (Å²) in [5, 5.41) is 4.18. The molecule has 0 bridgehead atoms. The molecule has 0 aliphatic carbocycles. The van der Waals surface area contributed by atoms with Gasteiger partial charge in [-0.2, -0.15) is 0 Å². The van der Waals surface area contributed by atoms with Gasteiger partial charge in [-0.1, -0.05) is 12.1 Å². The number of fused-ring (bicyclic) bond motifs is 1. The monoisotopic (exact) mass is 274 g/mol. The minimum absolute atomic E-state index is 0.167. The number of quaternary nitrogens is 1. The molecule has 1 fully saturated rings. The summed E-state index contributed by atoms with van der Waals surface area (Å²) in [5.74, 6) is 0. The van der Waals surface area contributed by atoms with Crippen molar-refractivity contribution < 1.29 is 9.32 Å². The molecule has 1 aromatic carbocycles. The van der Waals surface area contributed by atoms with Crippen LogP contribution in [0.3, 0.4) is 0 Å². The summed E-state index contributed by atoms with van der Waals surface area (Å²) in [5.41, 5.74) is 6.84. The lowest BCUT2D eigenvalue weighted by Gasteiger charge is -2.14. The van der Waals surface area contributed by atoms with Gasteiger partial charge < -0.3 is 20.4 Å². The van der Waals surface area contributed by atoms with Gasteiger partial charge in [-0.3, -0.25) is 0 Å². The maximum absolute atomic E-state index is 11.7. The minimum atomic E-state index is -0.472. The number of nitrogen functional groups attached to an aromatic ring is 1. The first-order valence-corrected chi connectivity index (χ1v) is 7.14. The van der Waals surface area contributed by atoms with Crippen LogP contribution in [0.15, 0.2) is 33.5 Å². The Morgan fingerprint density at radius 3 is 2.80 bits per heavy atom. The zero-order chi connectivity index (χ0) is 13.9. The first-order chi connectivity index (χ1) is 9.75. The highest BCUT2D eigenvalue weighted by Gasteiger charge is 2.16. The van der Waals surface area contributed by atoms with Crippen LogP contribution in [0.2, 0.25) is 0 Å². The summed E-state index contributed by atoms with van der Waals surface area (Å²) in [6.45, 7) is 4.35. The number of para-hydroxylation sites is 1. The van der Waals surface area contributed by atoms with Crippen molar-refractivity contribution in [2.75, 3.05) is 37.2 Å². The van der Waals surface area contributed by atoms with Gasteiger partial charge in [0.2, 0.25) is 0 Å². The van der Waals surface area contributed by atoms with Gasteiger partial charge in [-0.25, -0.2) is 4.79 Å². The van der Waals surface area contributed by atoms with Crippen LogP contribution in [0, 0.1) is 0 Å². The van der Waals surface area contributed by atoms with Crippen LogP contribution in [0.4, 0.5) is 11.4 Å². The molecule has 0 spiro atoms. The Labute approximate surface area is 117 Å². The maximum atomic E-state index is 11.7. The Morgan fingerprint density at radius 2 is 2.00 bits per heavy atom. The molecule has 5 nitrogen and oxygen atoms in total. The van der Waals surface area contributed by atoms with Crippen molar-refractivity contribution in [2.24, 2.45) is 0 Å². The molecule has 0 saturated carbocycles. The van der Waals surface area contributed by atoms with E-state index < -0.39 is 5.63 Å². The zero-order valence-electron chi connectivity index (χ0n) is 11.4. The summed E-state index contributed by atoms with van der Waals surface area (Å²) >= 11 is 0. The third-order valence-electron chi connectivity index (χ3n) is 3.94. The van der Waals surface area contributed by atoms with Crippen LogP contribution in [0.25, 0.3) is 11.0 Å². The third-order valence-corrected chi connectivity index (χ3v) is 3.94. The summed E-state index contributed by atoms with van der Waals surface area (Å²) in [4.78, 5) is 13.4. The van der Waals surface area contributed by atoms with Crippen molar-refractivity contribution in [2.45, 2.75) is 12.8 Å². The average Bonchev–Trinajstić information content (AvgIpc) is 2.96. The number of nitrogens with one attached hydrogen (secondary N) is 2. The minimum Gasteiger partial charge on any atom is -0.421 e. The second-order valence-electron chi connectivity index (χ2n) is 5.31. The zero-order valence-corrected chi connectivity index (χ0v) is 11.4. The number of benzene rings is 1. The highest BCUT2D eigenvalue weighted by molar-refractivity contribution is 5.95. The van der Waals surface area contributed by atoms with Crippen LogP contribution >= 0.6 is 0 Å². The number of hydrogen-bond acceptors (Lipinski definition) is 4. The topological polar surface area (TPSA) is 72.7 Å². The predicted octanol–water partition coefficient (Wildman–Crippen LogP) is 0.466. The van der Waals surface area contributed by atoms with Crippen LogP contribution in [-0.4, -0.2) is 26.2 Å². The molecular weight excluding hydrogens is 254 g/mol. The fraction of sp³-hybridized carbons (Fsp3) is 0.400. The van der Waals surface area contributed by atoms with E-state index in [-0.39, 0.29) is 5.69 Å². The lowest BCUT2D eigenvalue weighted by Crippen LogP contribution is -3.10. The normalized spacial score (nSPS) is 15.8. The van der Waals surface area contributed by atoms with Gasteiger partial charge in [-0.05, 0) is 12.1 Å². The first-order valence-electron chi connectivity index (χ1n) is 7.14. The van der Waals surface area contributed by atoms with Crippen LogP contribution in [-0.2, 0) is 0 Å². The molecule has 4 N–H and O–H groups in total. The Kier molecular flexibility index (Phi) is 3.60. The number of likely N-dealkylation sites (tertiary alicyclic amines) is 1. The van der Waals surface area contributed by atoms with Crippen molar-refractivity contribution >= 4 is 22.3 Å². The molecular formula is C15H20N3O2+. The second-order valence-corrected chi connectivity index (χ2v) is 5.31. The average molecular weight is 274 g/mol. The fourth-order valence-electron chi connectivity index (χ4n) is 2.84. The van der Waals surface area contributed by atoms with E-state index in [1.54, 1.807) is 11.0 Å². The molecule has 1 aliphatic rings. The quantitative estimate of drug-likeness (QED) is 0.709. The first kappa shape index (κ1) is 13.0. The predicted molar refractivity (Wildman–Crippen MR) is 80.2 cm³/mol. The molecule has 5 heteroatoms. The molecule has 0 amide bonds. The third kappa shape index (κ3) is 2.49. The Balaban J connectivity index is 1.82. The van der Waals surface area contributed by atoms with Crippen molar-refractivity contribution in [1.29, 1.82) is 0 Å². The molecule has 2 heterocycles. The second kappa shape index (κ2) is 5.54. The molecule has 20 heavy (non-hydrogen) atoms. The van der Waals surface area contributed by atoms with Crippen molar-refractivity contribution in [1.82, 2.24) is 0 Å². The summed E-state index contributed by atoms with van der Waals surface area (Å²) in [6, 6.07) is 7.46. The molecule has 1 saturated heterocycles. The van der Waals surface area contributed by atoms with E-state index in [4.69, 9.17) is 10.2 Å². The van der Waals surface area contributed by atoms with Crippen LogP contribution in [0.1, 0.15) is 12.8 Å². The summed E-state index contributed by atoms with van der Waals surface area (Å²) in [7, 11) is 0. The van der Waals surface area contributed by atoms with Gasteiger partial charge >= 0.3 is 5.63 Å². The Morgan fingerprint density at radius 1 is 1.25 bits per heavy atom. The largest absolute Gasteiger partial charge is 0.421 e. The number of anilines is 2. The van der Waals surface area contributed by atoms with Gasteiger partial charge in [0.25, 0.3) is 0 Å². The van der Waals surface area contributed by atoms with Crippen molar-refractivity contribution in [3.63, 3.8) is 0 Å². The molecule has 1 aromatic heterocycles. The Bertz CT molecular complexity index is 660. The molecule has 2 aromatic rings. The van der Waals surface area contributed by atoms with E-state index >= 15 is 0 Å². The van der Waals surface area contributed by atoms with Crippen molar-refractivity contribution in [3.05, 3.63) is 34.7 Å². The van der Waals surface area contributed by atoms with Gasteiger partial charge in [-0.15, -0.1) is 0 Å². The Hall–Kier alpha value is -2.01. The highest BCUT2D eigenvalue weighted by atomic mass is 16.4. The SMILES string of the molecule is Nc1c(NCC[NH+]2CCCC2)c2ccccc2oc1=O. The summed E-state index contributed by atoms with van der Waals surface area (Å²) < 4.78 is 5.19. The molecule has 0 radical (unpaired) electrons. The number of hydrogen-bond donors (Lipinski definition) is 3. The van der Waals surface area contributed by atoms with E-state index in [1.165, 1.54) is 25.9 Å². The highest BCUT2D eigenvalue weighted by Crippen LogP contribution is 2.25. The maximum Gasteiger partial charge on any atom is 0.361 e. The van der Waals surface area contributed by atoms with Crippen LogP contribution in [0.5, 0.6) is 0 Å². The van der Waals surface area contributed by atoms with Crippen LogP contribution < -0.4 is 21.6 Å². The van der Waals surface area contributed by atoms with E-state index in [1.807, 2.05) is 18.2 Å². The molecule has 3 rings (SSSR count). The smallest absolute Gasteiger partial charge is 0.361 e. The lowest BCUT2D eigenvalue weighted by atomic mass is 10.2. The van der Waals surface area contributed by atoms with Gasteiger partial charge in [0, 0.05) is 18.2 Å². The summed E-state index contributed by atoms with van der Waals surface area (Å²) in [6.07, 6.45) is 2.63. The standard InChI is InChI=1S/C15H19N3O2/c16-13-14(17-7-10-18-8-3-4-9-18)11-5-1-2-6-12(11)20-15(13)19/h1-2,5-6,17H,3-4,7-10,16H2/p+1. The van der Waals surface area contributed by atoms with E-state index in [0.29, 0.717) is 11.3 Å². The fourth-order valence-corrected chi connectivity index (χ4v) is 2.84. The molecule has 106 valence electrons. The number of nitrogens with two attached hydrogens (primary N) is 1. The lowest BCUT2D eigenvalue weighted by molar-refractivity contribution is -0.885. The molecule has 0 unspecified atom stereocenters. The van der Waals surface area contributed by atoms with E-state index in [0.717, 1.165) is 18.5 Å². The van der Waals surface area contributed by atoms with Crippen molar-refractivity contribution in [3.8, 4) is 0 Å². The van der Waals surface area contributed by atoms with E-state index in [2.05, 4.69) is 5.32 Å². The number of rotatable bonds is 4. The molecule has 1 aliphatic heterocycles. The molecule has 0 atom stereocenters.